The zero-order valence-electron chi connectivity index (χ0n) is 16.2. The predicted molar refractivity (Wildman–Crippen MR) is 114 cm³/mol. The van der Waals surface area contributed by atoms with E-state index in [-0.39, 0.29) is 11.7 Å². The standard InChI is InChI=1S/C24H24FN3O/c25-20-7-5-19(6-8-20)23(16-18-4-3-13-26-17-18)24(29)27-21-9-11-22(12-10-21)28-14-1-2-15-28/h3-13,17,23H,1-2,14-16H2,(H,27,29). The number of nitrogens with one attached hydrogen (secondary N) is 1. The van der Waals surface area contributed by atoms with E-state index in [1.807, 2.05) is 24.3 Å². The van der Waals surface area contributed by atoms with Crippen LogP contribution in [0.15, 0.2) is 73.1 Å². The van der Waals surface area contributed by atoms with E-state index in [1.54, 1.807) is 24.5 Å². The van der Waals surface area contributed by atoms with Gasteiger partial charge in [0.1, 0.15) is 5.82 Å². The number of hydrogen-bond acceptors (Lipinski definition) is 3. The topological polar surface area (TPSA) is 45.2 Å². The van der Waals surface area contributed by atoms with Gasteiger partial charge in [-0.05, 0) is 72.9 Å². The molecular weight excluding hydrogens is 365 g/mol. The maximum Gasteiger partial charge on any atom is 0.232 e. The SMILES string of the molecule is O=C(Nc1ccc(N2CCCC2)cc1)C(Cc1cccnc1)c1ccc(F)cc1. The lowest BCUT2D eigenvalue weighted by atomic mass is 9.91. The van der Waals surface area contributed by atoms with Crippen LogP contribution in [0.1, 0.15) is 29.9 Å². The van der Waals surface area contributed by atoms with Crippen LogP contribution in [-0.2, 0) is 11.2 Å². The van der Waals surface area contributed by atoms with Gasteiger partial charge in [-0.15, -0.1) is 0 Å². The Hall–Kier alpha value is -3.21. The van der Waals surface area contributed by atoms with Crippen molar-refractivity contribution < 1.29 is 9.18 Å². The van der Waals surface area contributed by atoms with Gasteiger partial charge in [-0.3, -0.25) is 9.78 Å². The third kappa shape index (κ3) is 4.80. The molecule has 2 heterocycles. The number of anilines is 2. The van der Waals surface area contributed by atoms with Crippen molar-refractivity contribution in [2.75, 3.05) is 23.3 Å². The van der Waals surface area contributed by atoms with Crippen LogP contribution in [-0.4, -0.2) is 24.0 Å². The molecule has 148 valence electrons. The van der Waals surface area contributed by atoms with Gasteiger partial charge in [0.05, 0.1) is 5.92 Å². The molecule has 1 aromatic heterocycles. The van der Waals surface area contributed by atoms with E-state index in [9.17, 15) is 9.18 Å². The quantitative estimate of drug-likeness (QED) is 0.660. The molecule has 4 nitrogen and oxygen atoms in total. The van der Waals surface area contributed by atoms with Crippen LogP contribution in [0, 0.1) is 5.82 Å². The Labute approximate surface area is 170 Å². The Morgan fingerprint density at radius 3 is 2.41 bits per heavy atom. The van der Waals surface area contributed by atoms with Crippen LogP contribution in [0.25, 0.3) is 0 Å². The van der Waals surface area contributed by atoms with E-state index >= 15 is 0 Å². The van der Waals surface area contributed by atoms with Crippen molar-refractivity contribution in [2.45, 2.75) is 25.2 Å². The fourth-order valence-corrected chi connectivity index (χ4v) is 3.77. The van der Waals surface area contributed by atoms with Crippen molar-refractivity contribution in [3.8, 4) is 0 Å². The van der Waals surface area contributed by atoms with Gasteiger partial charge in [0, 0.05) is 36.9 Å². The molecule has 0 spiro atoms. The Balaban J connectivity index is 1.51. The second-order valence-electron chi connectivity index (χ2n) is 7.40. The summed E-state index contributed by atoms with van der Waals surface area (Å²) < 4.78 is 13.4. The molecule has 1 unspecified atom stereocenters. The van der Waals surface area contributed by atoms with Crippen molar-refractivity contribution in [2.24, 2.45) is 0 Å². The number of nitrogens with zero attached hydrogens (tertiary/aromatic N) is 2. The van der Waals surface area contributed by atoms with Gasteiger partial charge in [0.15, 0.2) is 0 Å². The van der Waals surface area contributed by atoms with Crippen LogP contribution in [0.3, 0.4) is 0 Å². The maximum atomic E-state index is 13.4. The minimum Gasteiger partial charge on any atom is -0.372 e. The Bertz CT molecular complexity index is 936. The highest BCUT2D eigenvalue weighted by molar-refractivity contribution is 5.96. The minimum atomic E-state index is -0.432. The number of aromatic nitrogens is 1. The van der Waals surface area contributed by atoms with Crippen molar-refractivity contribution in [3.05, 3.63) is 90.0 Å². The summed E-state index contributed by atoms with van der Waals surface area (Å²) >= 11 is 0. The Morgan fingerprint density at radius 1 is 1.03 bits per heavy atom. The molecule has 1 aliphatic heterocycles. The number of carbonyl (C=O) groups is 1. The molecule has 1 aliphatic rings. The molecule has 0 aliphatic carbocycles. The van der Waals surface area contributed by atoms with E-state index < -0.39 is 5.92 Å². The number of halogens is 1. The zero-order valence-corrected chi connectivity index (χ0v) is 16.2. The van der Waals surface area contributed by atoms with Crippen LogP contribution in [0.4, 0.5) is 15.8 Å². The summed E-state index contributed by atoms with van der Waals surface area (Å²) in [6.07, 6.45) is 6.42. The van der Waals surface area contributed by atoms with Crippen molar-refractivity contribution >= 4 is 17.3 Å². The molecular formula is C24H24FN3O. The molecule has 0 radical (unpaired) electrons. The van der Waals surface area contributed by atoms with Gasteiger partial charge in [0.25, 0.3) is 0 Å². The van der Waals surface area contributed by atoms with E-state index in [0.717, 1.165) is 29.9 Å². The summed E-state index contributed by atoms with van der Waals surface area (Å²) in [6.45, 7) is 2.17. The lowest BCUT2D eigenvalue weighted by molar-refractivity contribution is -0.117. The molecule has 3 aromatic rings. The fraction of sp³-hybridized carbons (Fsp3) is 0.250. The van der Waals surface area contributed by atoms with Gasteiger partial charge >= 0.3 is 0 Å². The van der Waals surface area contributed by atoms with Crippen molar-refractivity contribution in [1.29, 1.82) is 0 Å². The second-order valence-corrected chi connectivity index (χ2v) is 7.40. The summed E-state index contributed by atoms with van der Waals surface area (Å²) in [7, 11) is 0. The average molecular weight is 389 g/mol. The summed E-state index contributed by atoms with van der Waals surface area (Å²) in [5, 5.41) is 3.02. The molecule has 1 atom stereocenters. The van der Waals surface area contributed by atoms with Crippen molar-refractivity contribution in [1.82, 2.24) is 4.98 Å². The molecule has 1 N–H and O–H groups in total. The largest absolute Gasteiger partial charge is 0.372 e. The molecule has 5 heteroatoms. The second kappa shape index (κ2) is 8.86. The third-order valence-corrected chi connectivity index (χ3v) is 5.36. The average Bonchev–Trinajstić information content (AvgIpc) is 3.29. The van der Waals surface area contributed by atoms with Gasteiger partial charge in [0.2, 0.25) is 5.91 Å². The number of carbonyl (C=O) groups excluding carboxylic acids is 1. The van der Waals surface area contributed by atoms with Crippen molar-refractivity contribution in [3.63, 3.8) is 0 Å². The summed E-state index contributed by atoms with van der Waals surface area (Å²) in [6, 6.07) is 17.9. The number of amides is 1. The highest BCUT2D eigenvalue weighted by atomic mass is 19.1. The van der Waals surface area contributed by atoms with Gasteiger partial charge in [-0.25, -0.2) is 4.39 Å². The van der Waals surface area contributed by atoms with Gasteiger partial charge in [-0.1, -0.05) is 18.2 Å². The van der Waals surface area contributed by atoms with Gasteiger partial charge < -0.3 is 10.2 Å². The Kier molecular flexibility index (Phi) is 5.84. The summed E-state index contributed by atoms with van der Waals surface area (Å²) in [5.41, 5.74) is 3.69. The van der Waals surface area contributed by atoms with Crippen LogP contribution in [0.5, 0.6) is 0 Å². The molecule has 0 bridgehead atoms. The maximum absolute atomic E-state index is 13.4. The summed E-state index contributed by atoms with van der Waals surface area (Å²) in [5.74, 6) is -0.862. The number of rotatable bonds is 6. The predicted octanol–water partition coefficient (Wildman–Crippen LogP) is 4.79. The lowest BCUT2D eigenvalue weighted by Crippen LogP contribution is -2.23. The van der Waals surface area contributed by atoms with Crippen LogP contribution in [0.2, 0.25) is 0 Å². The molecule has 1 saturated heterocycles. The van der Waals surface area contributed by atoms with E-state index in [2.05, 4.69) is 27.3 Å². The molecule has 2 aromatic carbocycles. The molecule has 0 saturated carbocycles. The van der Waals surface area contributed by atoms with E-state index in [1.165, 1.54) is 30.7 Å². The minimum absolute atomic E-state index is 0.116. The monoisotopic (exact) mass is 389 g/mol. The smallest absolute Gasteiger partial charge is 0.232 e. The zero-order chi connectivity index (χ0) is 20.1. The number of hydrogen-bond donors (Lipinski definition) is 1. The first-order valence-electron chi connectivity index (χ1n) is 9.99. The number of pyridine rings is 1. The summed E-state index contributed by atoms with van der Waals surface area (Å²) in [4.78, 5) is 19.6. The Morgan fingerprint density at radius 2 is 1.76 bits per heavy atom. The first-order chi connectivity index (χ1) is 14.2. The number of benzene rings is 2. The molecule has 1 fully saturated rings. The molecule has 1 amide bonds. The molecule has 29 heavy (non-hydrogen) atoms. The fourth-order valence-electron chi connectivity index (χ4n) is 3.77. The molecule has 4 rings (SSSR count). The van der Waals surface area contributed by atoms with Gasteiger partial charge in [-0.2, -0.15) is 0 Å². The van der Waals surface area contributed by atoms with Crippen LogP contribution >= 0.6 is 0 Å². The van der Waals surface area contributed by atoms with Crippen LogP contribution < -0.4 is 10.2 Å². The lowest BCUT2D eigenvalue weighted by Gasteiger charge is -2.19. The third-order valence-electron chi connectivity index (χ3n) is 5.36. The first kappa shape index (κ1) is 19.1. The normalized spacial score (nSPS) is 14.6. The van der Waals surface area contributed by atoms with E-state index in [0.29, 0.717) is 6.42 Å². The highest BCUT2D eigenvalue weighted by Gasteiger charge is 2.22. The highest BCUT2D eigenvalue weighted by Crippen LogP contribution is 2.25. The van der Waals surface area contributed by atoms with E-state index in [4.69, 9.17) is 0 Å². The first-order valence-corrected chi connectivity index (χ1v) is 9.99.